The van der Waals surface area contributed by atoms with E-state index in [1.54, 1.807) is 38.3 Å². The number of nitrogens with two attached hydrogens (primary N) is 1. The maximum atomic E-state index is 12.5. The van der Waals surface area contributed by atoms with E-state index in [0.717, 1.165) is 5.56 Å². The molecule has 2 aromatic rings. The van der Waals surface area contributed by atoms with E-state index in [2.05, 4.69) is 4.72 Å². The van der Waals surface area contributed by atoms with Gasteiger partial charge in [0.05, 0.1) is 17.2 Å². The number of methoxy groups -OCH3 is 1. The Bertz CT molecular complexity index is 742. The molecule has 3 N–H and O–H groups in total. The number of rotatable bonds is 5. The van der Waals surface area contributed by atoms with Crippen molar-refractivity contribution >= 4 is 21.4 Å². The summed E-state index contributed by atoms with van der Waals surface area (Å²) in [5.74, 6) is 0. The van der Waals surface area contributed by atoms with Crippen molar-refractivity contribution in [1.29, 1.82) is 0 Å². The van der Waals surface area contributed by atoms with Crippen molar-refractivity contribution in [2.45, 2.75) is 18.4 Å². The summed E-state index contributed by atoms with van der Waals surface area (Å²) in [6.07, 6.45) is 0. The Kier molecular flexibility index (Phi) is 4.50. The SMILES string of the molecule is COCc1ccccc1NS(=O)(=O)c1cccc(N)c1C. The second-order valence-corrected chi connectivity index (χ2v) is 6.32. The van der Waals surface area contributed by atoms with Gasteiger partial charge in [0.2, 0.25) is 0 Å². The Hall–Kier alpha value is -2.05. The van der Waals surface area contributed by atoms with E-state index in [9.17, 15) is 8.42 Å². The van der Waals surface area contributed by atoms with E-state index in [0.29, 0.717) is 23.5 Å². The number of nitrogen functional groups attached to an aromatic ring is 1. The van der Waals surface area contributed by atoms with Crippen molar-refractivity contribution in [2.75, 3.05) is 17.6 Å². The molecule has 0 aromatic heterocycles. The molecule has 2 aromatic carbocycles. The van der Waals surface area contributed by atoms with E-state index in [-0.39, 0.29) is 4.90 Å². The normalized spacial score (nSPS) is 11.3. The average molecular weight is 306 g/mol. The van der Waals surface area contributed by atoms with Gasteiger partial charge in [-0.05, 0) is 30.7 Å². The molecule has 0 radical (unpaired) electrons. The highest BCUT2D eigenvalue weighted by atomic mass is 32.2. The highest BCUT2D eigenvalue weighted by Gasteiger charge is 2.19. The average Bonchev–Trinajstić information content (AvgIpc) is 2.44. The number of anilines is 2. The monoisotopic (exact) mass is 306 g/mol. The van der Waals surface area contributed by atoms with Crippen LogP contribution in [0.2, 0.25) is 0 Å². The Morgan fingerprint density at radius 2 is 1.86 bits per heavy atom. The van der Waals surface area contributed by atoms with Gasteiger partial charge >= 0.3 is 0 Å². The fourth-order valence-corrected chi connectivity index (χ4v) is 3.40. The zero-order valence-electron chi connectivity index (χ0n) is 12.0. The molecule has 0 aliphatic heterocycles. The second kappa shape index (κ2) is 6.15. The van der Waals surface area contributed by atoms with Gasteiger partial charge in [-0.3, -0.25) is 4.72 Å². The minimum absolute atomic E-state index is 0.176. The van der Waals surface area contributed by atoms with E-state index < -0.39 is 10.0 Å². The molecule has 2 rings (SSSR count). The maximum absolute atomic E-state index is 12.5. The van der Waals surface area contributed by atoms with Crippen molar-refractivity contribution in [3.63, 3.8) is 0 Å². The van der Waals surface area contributed by atoms with Crippen LogP contribution < -0.4 is 10.5 Å². The van der Waals surface area contributed by atoms with Crippen LogP contribution in [0.5, 0.6) is 0 Å². The summed E-state index contributed by atoms with van der Waals surface area (Å²) in [7, 11) is -2.13. The lowest BCUT2D eigenvalue weighted by Crippen LogP contribution is -2.16. The van der Waals surface area contributed by atoms with Gasteiger partial charge in [-0.2, -0.15) is 0 Å². The van der Waals surface area contributed by atoms with Gasteiger partial charge in [0, 0.05) is 18.4 Å². The van der Waals surface area contributed by atoms with Crippen LogP contribution in [-0.4, -0.2) is 15.5 Å². The van der Waals surface area contributed by atoms with E-state index >= 15 is 0 Å². The highest BCUT2D eigenvalue weighted by Crippen LogP contribution is 2.25. The first-order chi connectivity index (χ1) is 9.95. The van der Waals surface area contributed by atoms with Crippen LogP contribution in [0.3, 0.4) is 0 Å². The first kappa shape index (κ1) is 15.3. The van der Waals surface area contributed by atoms with Crippen LogP contribution >= 0.6 is 0 Å². The topological polar surface area (TPSA) is 81.4 Å². The molecule has 0 aliphatic carbocycles. The molecule has 0 spiro atoms. The van der Waals surface area contributed by atoms with Gasteiger partial charge in [0.1, 0.15) is 0 Å². The predicted molar refractivity (Wildman–Crippen MR) is 83.6 cm³/mol. The molecule has 0 aliphatic rings. The predicted octanol–water partition coefficient (Wildman–Crippen LogP) is 2.52. The smallest absolute Gasteiger partial charge is 0.262 e. The zero-order valence-corrected chi connectivity index (χ0v) is 12.8. The second-order valence-electron chi connectivity index (χ2n) is 4.67. The molecule has 0 atom stereocenters. The van der Waals surface area contributed by atoms with Gasteiger partial charge in [0.15, 0.2) is 0 Å². The molecule has 112 valence electrons. The van der Waals surface area contributed by atoms with E-state index in [1.165, 1.54) is 6.07 Å². The Morgan fingerprint density at radius 1 is 1.14 bits per heavy atom. The molecule has 21 heavy (non-hydrogen) atoms. The zero-order chi connectivity index (χ0) is 15.5. The van der Waals surface area contributed by atoms with Crippen LogP contribution in [0, 0.1) is 6.92 Å². The largest absolute Gasteiger partial charge is 0.398 e. The van der Waals surface area contributed by atoms with Crippen LogP contribution in [0.15, 0.2) is 47.4 Å². The number of para-hydroxylation sites is 1. The third-order valence-corrected chi connectivity index (χ3v) is 4.69. The minimum Gasteiger partial charge on any atom is -0.398 e. The molecule has 0 saturated heterocycles. The lowest BCUT2D eigenvalue weighted by atomic mass is 10.2. The van der Waals surface area contributed by atoms with E-state index in [1.807, 2.05) is 12.1 Å². The van der Waals surface area contributed by atoms with Gasteiger partial charge in [-0.15, -0.1) is 0 Å². The van der Waals surface area contributed by atoms with E-state index in [4.69, 9.17) is 10.5 Å². The Morgan fingerprint density at radius 3 is 2.57 bits per heavy atom. The summed E-state index contributed by atoms with van der Waals surface area (Å²) in [6.45, 7) is 2.01. The molecule has 0 bridgehead atoms. The number of nitrogens with one attached hydrogen (secondary N) is 1. The Balaban J connectivity index is 2.40. The number of benzene rings is 2. The minimum atomic E-state index is -3.69. The fourth-order valence-electron chi connectivity index (χ4n) is 2.02. The highest BCUT2D eigenvalue weighted by molar-refractivity contribution is 7.92. The third kappa shape index (κ3) is 3.34. The third-order valence-electron chi connectivity index (χ3n) is 3.18. The molecule has 0 fully saturated rings. The molecule has 5 nitrogen and oxygen atoms in total. The van der Waals surface area contributed by atoms with Crippen LogP contribution in [0.4, 0.5) is 11.4 Å². The maximum Gasteiger partial charge on any atom is 0.262 e. The van der Waals surface area contributed by atoms with Crippen molar-refractivity contribution in [1.82, 2.24) is 0 Å². The standard InChI is InChI=1S/C15H18N2O3S/c1-11-13(16)7-5-9-15(11)21(18,19)17-14-8-4-3-6-12(14)10-20-2/h3-9,17H,10,16H2,1-2H3. The van der Waals surface area contributed by atoms with Crippen LogP contribution in [0.25, 0.3) is 0 Å². The van der Waals surface area contributed by atoms with Gasteiger partial charge in [-0.1, -0.05) is 24.3 Å². The fraction of sp³-hybridized carbons (Fsp3) is 0.200. The summed E-state index contributed by atoms with van der Waals surface area (Å²) in [4.78, 5) is 0.176. The number of sulfonamides is 1. The lowest BCUT2D eigenvalue weighted by Gasteiger charge is -2.14. The summed E-state index contributed by atoms with van der Waals surface area (Å²) in [5.41, 5.74) is 8.03. The van der Waals surface area contributed by atoms with Gasteiger partial charge in [-0.25, -0.2) is 8.42 Å². The molecule has 0 saturated carbocycles. The van der Waals surface area contributed by atoms with Crippen LogP contribution in [0.1, 0.15) is 11.1 Å². The van der Waals surface area contributed by atoms with Crippen molar-refractivity contribution < 1.29 is 13.2 Å². The summed E-state index contributed by atoms with van der Waals surface area (Å²) in [6, 6.07) is 11.9. The first-order valence-corrected chi connectivity index (χ1v) is 7.89. The number of ether oxygens (including phenoxy) is 1. The summed E-state index contributed by atoms with van der Waals surface area (Å²) < 4.78 is 32.7. The number of hydrogen-bond acceptors (Lipinski definition) is 4. The van der Waals surface area contributed by atoms with Crippen LogP contribution in [-0.2, 0) is 21.4 Å². The quantitative estimate of drug-likeness (QED) is 0.832. The molecule has 6 heteroatoms. The van der Waals surface area contributed by atoms with Gasteiger partial charge < -0.3 is 10.5 Å². The van der Waals surface area contributed by atoms with Crippen molar-refractivity contribution in [2.24, 2.45) is 0 Å². The summed E-state index contributed by atoms with van der Waals surface area (Å²) in [5, 5.41) is 0. The molecular weight excluding hydrogens is 288 g/mol. The molecule has 0 amide bonds. The lowest BCUT2D eigenvalue weighted by molar-refractivity contribution is 0.185. The summed E-state index contributed by atoms with van der Waals surface area (Å²) >= 11 is 0. The molecular formula is C15H18N2O3S. The molecule has 0 unspecified atom stereocenters. The first-order valence-electron chi connectivity index (χ1n) is 6.40. The van der Waals surface area contributed by atoms with Crippen molar-refractivity contribution in [3.05, 3.63) is 53.6 Å². The van der Waals surface area contributed by atoms with Crippen molar-refractivity contribution in [3.8, 4) is 0 Å². The molecule has 0 heterocycles. The Labute approximate surface area is 124 Å². The van der Waals surface area contributed by atoms with Gasteiger partial charge in [0.25, 0.3) is 10.0 Å². The number of hydrogen-bond donors (Lipinski definition) is 2.